The lowest BCUT2D eigenvalue weighted by molar-refractivity contribution is -0.136. The van der Waals surface area contributed by atoms with E-state index in [-0.39, 0.29) is 17.2 Å². The van der Waals surface area contributed by atoms with Gasteiger partial charge in [-0.25, -0.2) is 14.6 Å². The van der Waals surface area contributed by atoms with Crippen molar-refractivity contribution in [3.05, 3.63) is 83.7 Å². The van der Waals surface area contributed by atoms with Crippen molar-refractivity contribution in [1.82, 2.24) is 5.43 Å². The SMILES string of the molecule is CCOc1ccc(C(=O)Oc2ccc(C=NNC(=O)C(=O)Nc3ccc(F)cc3)cc2OC)cc1. The molecule has 0 saturated heterocycles. The van der Waals surface area contributed by atoms with Gasteiger partial charge < -0.3 is 19.5 Å². The van der Waals surface area contributed by atoms with Gasteiger partial charge in [0, 0.05) is 5.69 Å². The zero-order valence-corrected chi connectivity index (χ0v) is 18.9. The number of hydrogen-bond donors (Lipinski definition) is 2. The summed E-state index contributed by atoms with van der Waals surface area (Å²) < 4.78 is 29.0. The highest BCUT2D eigenvalue weighted by Crippen LogP contribution is 2.28. The fourth-order valence-corrected chi connectivity index (χ4v) is 2.80. The number of nitrogens with zero attached hydrogens (tertiary/aromatic N) is 1. The summed E-state index contributed by atoms with van der Waals surface area (Å²) in [6.07, 6.45) is 1.28. The number of anilines is 1. The number of carbonyl (C=O) groups is 3. The Hall–Kier alpha value is -4.73. The molecule has 180 valence electrons. The molecule has 0 aliphatic heterocycles. The number of methoxy groups -OCH3 is 1. The fourth-order valence-electron chi connectivity index (χ4n) is 2.80. The van der Waals surface area contributed by atoms with Crippen LogP contribution in [0.15, 0.2) is 71.8 Å². The lowest BCUT2D eigenvalue weighted by Gasteiger charge is -2.10. The van der Waals surface area contributed by atoms with Crippen LogP contribution >= 0.6 is 0 Å². The van der Waals surface area contributed by atoms with Gasteiger partial charge in [0.15, 0.2) is 11.5 Å². The molecule has 0 aliphatic rings. The monoisotopic (exact) mass is 479 g/mol. The smallest absolute Gasteiger partial charge is 0.343 e. The highest BCUT2D eigenvalue weighted by molar-refractivity contribution is 6.39. The molecule has 0 aliphatic carbocycles. The van der Waals surface area contributed by atoms with Gasteiger partial charge in [-0.15, -0.1) is 0 Å². The van der Waals surface area contributed by atoms with E-state index in [9.17, 15) is 18.8 Å². The Balaban J connectivity index is 1.58. The van der Waals surface area contributed by atoms with Gasteiger partial charge in [-0.3, -0.25) is 9.59 Å². The number of carbonyl (C=O) groups excluding carboxylic acids is 3. The molecule has 0 fully saturated rings. The molecule has 3 aromatic carbocycles. The number of halogens is 1. The van der Waals surface area contributed by atoms with Crippen LogP contribution in [0, 0.1) is 5.82 Å². The summed E-state index contributed by atoms with van der Waals surface area (Å²) in [6.45, 7) is 2.38. The number of hydrogen-bond acceptors (Lipinski definition) is 7. The summed E-state index contributed by atoms with van der Waals surface area (Å²) in [6, 6.07) is 16.1. The van der Waals surface area contributed by atoms with Gasteiger partial charge >= 0.3 is 17.8 Å². The standard InChI is InChI=1S/C25H22FN3O6/c1-3-34-20-11-5-17(6-12-20)25(32)35-21-13-4-16(14-22(21)33-2)15-27-29-24(31)23(30)28-19-9-7-18(26)8-10-19/h4-15H,3H2,1-2H3,(H,28,30)(H,29,31). The summed E-state index contributed by atoms with van der Waals surface area (Å²) >= 11 is 0. The first kappa shape index (κ1) is 24.9. The van der Waals surface area contributed by atoms with Gasteiger partial charge in [-0.2, -0.15) is 5.10 Å². The second kappa shape index (κ2) is 11.9. The molecule has 0 heterocycles. The van der Waals surface area contributed by atoms with E-state index < -0.39 is 23.6 Å². The summed E-state index contributed by atoms with van der Waals surface area (Å²) in [4.78, 5) is 36.2. The average Bonchev–Trinajstić information content (AvgIpc) is 2.86. The Morgan fingerprint density at radius 1 is 0.943 bits per heavy atom. The summed E-state index contributed by atoms with van der Waals surface area (Å²) in [5, 5.41) is 6.05. The molecule has 2 N–H and O–H groups in total. The second-order valence-corrected chi connectivity index (χ2v) is 6.92. The molecule has 0 spiro atoms. The van der Waals surface area contributed by atoms with Gasteiger partial charge in [0.05, 0.1) is 25.5 Å². The number of nitrogens with one attached hydrogen (secondary N) is 2. The van der Waals surface area contributed by atoms with Gasteiger partial charge in [-0.1, -0.05) is 0 Å². The molecule has 9 nitrogen and oxygen atoms in total. The molecule has 3 rings (SSSR count). The predicted octanol–water partition coefficient (Wildman–Crippen LogP) is 3.54. The number of benzene rings is 3. The van der Waals surface area contributed by atoms with Crippen molar-refractivity contribution in [2.24, 2.45) is 5.10 Å². The van der Waals surface area contributed by atoms with Crippen molar-refractivity contribution >= 4 is 29.7 Å². The fraction of sp³-hybridized carbons (Fsp3) is 0.120. The van der Waals surface area contributed by atoms with Gasteiger partial charge in [0.25, 0.3) is 0 Å². The first-order chi connectivity index (χ1) is 16.9. The second-order valence-electron chi connectivity index (χ2n) is 6.92. The van der Waals surface area contributed by atoms with Gasteiger partial charge in [0.2, 0.25) is 0 Å². The van der Waals surface area contributed by atoms with Crippen LogP contribution in [0.2, 0.25) is 0 Å². The number of esters is 1. The number of ether oxygens (including phenoxy) is 3. The van der Waals surface area contributed by atoms with E-state index in [4.69, 9.17) is 14.2 Å². The maximum Gasteiger partial charge on any atom is 0.343 e. The minimum atomic E-state index is -1.02. The van der Waals surface area contributed by atoms with Crippen molar-refractivity contribution in [3.8, 4) is 17.2 Å². The van der Waals surface area contributed by atoms with E-state index in [2.05, 4.69) is 15.8 Å². The number of hydrazone groups is 1. The van der Waals surface area contributed by atoms with Gasteiger partial charge in [-0.05, 0) is 79.2 Å². The zero-order chi connectivity index (χ0) is 25.2. The minimum absolute atomic E-state index is 0.186. The molecule has 3 aromatic rings. The third-order valence-electron chi connectivity index (χ3n) is 4.48. The Labute approximate surface area is 200 Å². The maximum atomic E-state index is 12.9. The van der Waals surface area contributed by atoms with E-state index in [1.807, 2.05) is 6.92 Å². The summed E-state index contributed by atoms with van der Waals surface area (Å²) in [5.41, 5.74) is 3.19. The van der Waals surface area contributed by atoms with Crippen LogP contribution in [-0.4, -0.2) is 37.7 Å². The maximum absolute atomic E-state index is 12.9. The van der Waals surface area contributed by atoms with Crippen LogP contribution in [0.25, 0.3) is 0 Å². The largest absolute Gasteiger partial charge is 0.494 e. The molecule has 2 amide bonds. The van der Waals surface area contributed by atoms with Crippen LogP contribution in [-0.2, 0) is 9.59 Å². The molecule has 0 aromatic heterocycles. The minimum Gasteiger partial charge on any atom is -0.494 e. The van der Waals surface area contributed by atoms with Crippen molar-refractivity contribution in [3.63, 3.8) is 0 Å². The van der Waals surface area contributed by atoms with Gasteiger partial charge in [0.1, 0.15) is 11.6 Å². The lowest BCUT2D eigenvalue weighted by atomic mass is 10.2. The van der Waals surface area contributed by atoms with Crippen LogP contribution in [0.3, 0.4) is 0 Å². The third kappa shape index (κ3) is 7.13. The zero-order valence-electron chi connectivity index (χ0n) is 18.9. The van der Waals surface area contributed by atoms with E-state index in [0.29, 0.717) is 23.5 Å². The highest BCUT2D eigenvalue weighted by Gasteiger charge is 2.14. The Morgan fingerprint density at radius 3 is 2.31 bits per heavy atom. The topological polar surface area (TPSA) is 115 Å². The first-order valence-corrected chi connectivity index (χ1v) is 10.4. The van der Waals surface area contributed by atoms with E-state index in [1.165, 1.54) is 37.6 Å². The van der Waals surface area contributed by atoms with Crippen molar-refractivity contribution in [1.29, 1.82) is 0 Å². The Kier molecular flexibility index (Phi) is 8.49. The quantitative estimate of drug-likeness (QED) is 0.168. The van der Waals surface area contributed by atoms with Crippen LogP contribution < -0.4 is 25.0 Å². The molecule has 0 unspecified atom stereocenters. The van der Waals surface area contributed by atoms with E-state index >= 15 is 0 Å². The van der Waals surface area contributed by atoms with Crippen LogP contribution in [0.5, 0.6) is 17.2 Å². The Bertz CT molecular complexity index is 1230. The molecule has 0 radical (unpaired) electrons. The molecular weight excluding hydrogens is 457 g/mol. The van der Waals surface area contributed by atoms with Crippen molar-refractivity contribution < 1.29 is 33.0 Å². The van der Waals surface area contributed by atoms with E-state index in [1.54, 1.807) is 30.3 Å². The molecule has 0 atom stereocenters. The third-order valence-corrected chi connectivity index (χ3v) is 4.48. The molecule has 0 bridgehead atoms. The predicted molar refractivity (Wildman–Crippen MR) is 126 cm³/mol. The lowest BCUT2D eigenvalue weighted by Crippen LogP contribution is -2.32. The van der Waals surface area contributed by atoms with Crippen LogP contribution in [0.1, 0.15) is 22.8 Å². The Morgan fingerprint density at radius 2 is 1.66 bits per heavy atom. The van der Waals surface area contributed by atoms with Crippen LogP contribution in [0.4, 0.5) is 10.1 Å². The number of amides is 2. The van der Waals surface area contributed by atoms with E-state index in [0.717, 1.165) is 12.1 Å². The number of rotatable bonds is 8. The molecular formula is C25H22FN3O6. The highest BCUT2D eigenvalue weighted by atomic mass is 19.1. The molecule has 10 heteroatoms. The normalized spacial score (nSPS) is 10.5. The summed E-state index contributed by atoms with van der Waals surface area (Å²) in [7, 11) is 1.41. The van der Waals surface area contributed by atoms with Crippen molar-refractivity contribution in [2.75, 3.05) is 19.0 Å². The summed E-state index contributed by atoms with van der Waals surface area (Å²) in [5.74, 6) is -1.94. The molecule has 35 heavy (non-hydrogen) atoms. The average molecular weight is 479 g/mol. The molecule has 0 saturated carbocycles. The van der Waals surface area contributed by atoms with Crippen molar-refractivity contribution in [2.45, 2.75) is 6.92 Å². The first-order valence-electron chi connectivity index (χ1n) is 10.4.